The summed E-state index contributed by atoms with van der Waals surface area (Å²) >= 11 is 0. The smallest absolute Gasteiger partial charge is 0.337 e. The molecule has 0 aliphatic heterocycles. The summed E-state index contributed by atoms with van der Waals surface area (Å²) in [7, 11) is 0. The second-order valence-electron chi connectivity index (χ2n) is 5.26. The molecule has 0 radical (unpaired) electrons. The number of rotatable bonds is 4. The molecule has 0 saturated heterocycles. The molecule has 0 unspecified atom stereocenters. The van der Waals surface area contributed by atoms with Crippen LogP contribution in [0.5, 0.6) is 0 Å². The molecule has 6 nitrogen and oxygen atoms in total. The zero-order chi connectivity index (χ0) is 14.6. The molecule has 0 saturated carbocycles. The molecule has 1 amide bonds. The van der Waals surface area contributed by atoms with E-state index in [1.54, 1.807) is 12.1 Å². The van der Waals surface area contributed by atoms with Gasteiger partial charge in [0.05, 0.1) is 12.1 Å². The largest absolute Gasteiger partial charge is 0.478 e. The SMILES string of the molecule is CC(C)(C)NC(=O)CNc1ccc(N)cc1C(=O)O. The topological polar surface area (TPSA) is 104 Å². The van der Waals surface area contributed by atoms with Gasteiger partial charge in [-0.05, 0) is 39.0 Å². The van der Waals surface area contributed by atoms with Crippen molar-refractivity contribution < 1.29 is 14.7 Å². The lowest BCUT2D eigenvalue weighted by atomic mass is 10.1. The van der Waals surface area contributed by atoms with Crippen molar-refractivity contribution in [2.75, 3.05) is 17.6 Å². The van der Waals surface area contributed by atoms with Crippen molar-refractivity contribution in [1.82, 2.24) is 5.32 Å². The first kappa shape index (κ1) is 14.8. The number of benzene rings is 1. The zero-order valence-electron chi connectivity index (χ0n) is 11.3. The monoisotopic (exact) mass is 265 g/mol. The fourth-order valence-electron chi connectivity index (χ4n) is 1.53. The number of carbonyl (C=O) groups is 2. The second-order valence-corrected chi connectivity index (χ2v) is 5.26. The molecule has 1 aromatic rings. The Hall–Kier alpha value is -2.24. The molecular formula is C13H19N3O3. The molecule has 0 aromatic heterocycles. The number of amides is 1. The van der Waals surface area contributed by atoms with E-state index in [-0.39, 0.29) is 23.6 Å². The van der Waals surface area contributed by atoms with Gasteiger partial charge in [-0.1, -0.05) is 0 Å². The van der Waals surface area contributed by atoms with E-state index in [9.17, 15) is 9.59 Å². The number of carbonyl (C=O) groups excluding carboxylic acids is 1. The first-order valence-corrected chi connectivity index (χ1v) is 5.87. The Morgan fingerprint density at radius 3 is 2.47 bits per heavy atom. The van der Waals surface area contributed by atoms with Crippen LogP contribution in [0.4, 0.5) is 11.4 Å². The number of hydrogen-bond acceptors (Lipinski definition) is 4. The minimum atomic E-state index is -1.09. The van der Waals surface area contributed by atoms with Crippen LogP contribution in [-0.4, -0.2) is 29.1 Å². The molecule has 0 aliphatic carbocycles. The van der Waals surface area contributed by atoms with Gasteiger partial charge in [0.1, 0.15) is 0 Å². The molecule has 1 aromatic carbocycles. The quantitative estimate of drug-likeness (QED) is 0.614. The Balaban J connectivity index is 2.73. The van der Waals surface area contributed by atoms with Gasteiger partial charge in [0, 0.05) is 16.9 Å². The lowest BCUT2D eigenvalue weighted by Crippen LogP contribution is -2.43. The van der Waals surface area contributed by atoms with Crippen molar-refractivity contribution >= 4 is 23.3 Å². The fraction of sp³-hybridized carbons (Fsp3) is 0.385. The first-order chi connectivity index (χ1) is 8.69. The van der Waals surface area contributed by atoms with E-state index in [2.05, 4.69) is 10.6 Å². The summed E-state index contributed by atoms with van der Waals surface area (Å²) in [5, 5.41) is 14.6. The van der Waals surface area contributed by atoms with Crippen molar-refractivity contribution in [3.05, 3.63) is 23.8 Å². The molecule has 5 N–H and O–H groups in total. The molecule has 0 aliphatic rings. The summed E-state index contributed by atoms with van der Waals surface area (Å²) in [6, 6.07) is 4.48. The van der Waals surface area contributed by atoms with Crippen molar-refractivity contribution in [1.29, 1.82) is 0 Å². The number of carboxylic acid groups (broad SMARTS) is 1. The van der Waals surface area contributed by atoms with Crippen molar-refractivity contribution in [2.24, 2.45) is 0 Å². The van der Waals surface area contributed by atoms with E-state index >= 15 is 0 Å². The lowest BCUT2D eigenvalue weighted by Gasteiger charge is -2.21. The Morgan fingerprint density at radius 1 is 1.32 bits per heavy atom. The molecule has 19 heavy (non-hydrogen) atoms. The van der Waals surface area contributed by atoms with Gasteiger partial charge >= 0.3 is 5.97 Å². The maximum Gasteiger partial charge on any atom is 0.337 e. The van der Waals surface area contributed by atoms with Gasteiger partial charge < -0.3 is 21.5 Å². The predicted molar refractivity (Wildman–Crippen MR) is 74.2 cm³/mol. The molecular weight excluding hydrogens is 246 g/mol. The molecule has 0 fully saturated rings. The highest BCUT2D eigenvalue weighted by Crippen LogP contribution is 2.18. The zero-order valence-corrected chi connectivity index (χ0v) is 11.3. The van der Waals surface area contributed by atoms with E-state index in [1.165, 1.54) is 6.07 Å². The van der Waals surface area contributed by atoms with Crippen LogP contribution in [0.3, 0.4) is 0 Å². The van der Waals surface area contributed by atoms with E-state index < -0.39 is 5.97 Å². The summed E-state index contributed by atoms with van der Waals surface area (Å²) < 4.78 is 0. The third-order valence-electron chi connectivity index (χ3n) is 2.23. The summed E-state index contributed by atoms with van der Waals surface area (Å²) in [6.07, 6.45) is 0. The highest BCUT2D eigenvalue weighted by Gasteiger charge is 2.15. The van der Waals surface area contributed by atoms with Gasteiger partial charge in [-0.25, -0.2) is 4.79 Å². The highest BCUT2D eigenvalue weighted by molar-refractivity contribution is 5.96. The van der Waals surface area contributed by atoms with E-state index in [0.29, 0.717) is 11.4 Å². The van der Waals surface area contributed by atoms with Crippen molar-refractivity contribution in [3.63, 3.8) is 0 Å². The average molecular weight is 265 g/mol. The Labute approximate surface area is 112 Å². The van der Waals surface area contributed by atoms with Gasteiger partial charge in [-0.3, -0.25) is 4.79 Å². The third-order valence-corrected chi connectivity index (χ3v) is 2.23. The molecule has 0 atom stereocenters. The number of carboxylic acids is 1. The minimum Gasteiger partial charge on any atom is -0.478 e. The average Bonchev–Trinajstić information content (AvgIpc) is 2.24. The number of nitrogens with two attached hydrogens (primary N) is 1. The minimum absolute atomic E-state index is 0.00146. The molecule has 0 spiro atoms. The van der Waals surface area contributed by atoms with Gasteiger partial charge in [-0.2, -0.15) is 0 Å². The van der Waals surface area contributed by atoms with Crippen LogP contribution < -0.4 is 16.4 Å². The van der Waals surface area contributed by atoms with Crippen LogP contribution >= 0.6 is 0 Å². The normalized spacial score (nSPS) is 10.9. The summed E-state index contributed by atoms with van der Waals surface area (Å²) in [4.78, 5) is 22.7. The Morgan fingerprint density at radius 2 is 1.95 bits per heavy atom. The van der Waals surface area contributed by atoms with Crippen LogP contribution in [0.25, 0.3) is 0 Å². The number of nitrogen functional groups attached to an aromatic ring is 1. The highest BCUT2D eigenvalue weighted by atomic mass is 16.4. The van der Waals surface area contributed by atoms with Crippen molar-refractivity contribution in [3.8, 4) is 0 Å². The third kappa shape index (κ3) is 4.87. The van der Waals surface area contributed by atoms with Crippen LogP contribution in [-0.2, 0) is 4.79 Å². The van der Waals surface area contributed by atoms with Gasteiger partial charge in [0.2, 0.25) is 5.91 Å². The molecule has 104 valence electrons. The van der Waals surface area contributed by atoms with Crippen LogP contribution in [0, 0.1) is 0 Å². The van der Waals surface area contributed by atoms with Crippen LogP contribution in [0.1, 0.15) is 31.1 Å². The van der Waals surface area contributed by atoms with E-state index in [0.717, 1.165) is 0 Å². The number of anilines is 2. The standard InChI is InChI=1S/C13H19N3O3/c1-13(2,3)16-11(17)7-15-10-5-4-8(14)6-9(10)12(18)19/h4-6,15H,7,14H2,1-3H3,(H,16,17)(H,18,19). The number of nitrogens with one attached hydrogen (secondary N) is 2. The van der Waals surface area contributed by atoms with Gasteiger partial charge in [0.15, 0.2) is 0 Å². The van der Waals surface area contributed by atoms with Gasteiger partial charge in [-0.15, -0.1) is 0 Å². The fourth-order valence-corrected chi connectivity index (χ4v) is 1.53. The van der Waals surface area contributed by atoms with E-state index in [4.69, 9.17) is 10.8 Å². The van der Waals surface area contributed by atoms with Crippen LogP contribution in [0.2, 0.25) is 0 Å². The summed E-state index contributed by atoms with van der Waals surface area (Å²) in [5.74, 6) is -1.30. The predicted octanol–water partition coefficient (Wildman–Crippen LogP) is 1.29. The van der Waals surface area contributed by atoms with Crippen LogP contribution in [0.15, 0.2) is 18.2 Å². The van der Waals surface area contributed by atoms with Crippen molar-refractivity contribution in [2.45, 2.75) is 26.3 Å². The summed E-state index contributed by atoms with van der Waals surface area (Å²) in [5.41, 5.74) is 5.98. The molecule has 6 heteroatoms. The molecule has 1 rings (SSSR count). The van der Waals surface area contributed by atoms with E-state index in [1.807, 2.05) is 20.8 Å². The van der Waals surface area contributed by atoms with Gasteiger partial charge in [0.25, 0.3) is 0 Å². The maximum atomic E-state index is 11.6. The number of hydrogen-bond donors (Lipinski definition) is 4. The first-order valence-electron chi connectivity index (χ1n) is 5.87. The second kappa shape index (κ2) is 5.60. The molecule has 0 bridgehead atoms. The summed E-state index contributed by atoms with van der Waals surface area (Å²) in [6.45, 7) is 5.62. The maximum absolute atomic E-state index is 11.6. The lowest BCUT2D eigenvalue weighted by molar-refractivity contribution is -0.120. The Bertz CT molecular complexity index is 492. The number of aromatic carboxylic acids is 1. The Kier molecular flexibility index (Phi) is 4.37. The molecule has 0 heterocycles.